The van der Waals surface area contributed by atoms with Crippen LogP contribution in [0, 0.1) is 5.92 Å². The Bertz CT molecular complexity index is 205. The maximum atomic E-state index is 3.82. The van der Waals surface area contributed by atoms with Crippen LogP contribution >= 0.6 is 0 Å². The van der Waals surface area contributed by atoms with Gasteiger partial charge in [-0.2, -0.15) is 0 Å². The summed E-state index contributed by atoms with van der Waals surface area (Å²) < 4.78 is 0. The first-order chi connectivity index (χ1) is 7.79. The summed E-state index contributed by atoms with van der Waals surface area (Å²) in [5.41, 5.74) is 0. The van der Waals surface area contributed by atoms with E-state index in [1.54, 1.807) is 0 Å². The van der Waals surface area contributed by atoms with Crippen molar-refractivity contribution < 1.29 is 0 Å². The molecule has 0 aromatic rings. The minimum absolute atomic E-state index is 0.807. The van der Waals surface area contributed by atoms with Crippen molar-refractivity contribution >= 4 is 0 Å². The molecule has 1 heterocycles. The third-order valence-electron chi connectivity index (χ3n) is 4.67. The third-order valence-corrected chi connectivity index (χ3v) is 4.67. The van der Waals surface area contributed by atoms with Gasteiger partial charge in [0.25, 0.3) is 0 Å². The Labute approximate surface area is 101 Å². The van der Waals surface area contributed by atoms with E-state index in [1.165, 1.54) is 58.0 Å². The average Bonchev–Trinajstić information content (AvgIpc) is 2.72. The van der Waals surface area contributed by atoms with Gasteiger partial charge in [-0.25, -0.2) is 0 Å². The van der Waals surface area contributed by atoms with Crippen LogP contribution in [0.4, 0.5) is 0 Å². The van der Waals surface area contributed by atoms with Crippen molar-refractivity contribution in [1.29, 1.82) is 0 Å². The molecular weight excluding hydrogens is 196 g/mol. The van der Waals surface area contributed by atoms with Gasteiger partial charge in [0, 0.05) is 18.6 Å². The third kappa shape index (κ3) is 3.21. The summed E-state index contributed by atoms with van der Waals surface area (Å²) in [5, 5.41) is 3.82. The Kier molecular flexibility index (Phi) is 4.66. The Hall–Kier alpha value is -0.0800. The van der Waals surface area contributed by atoms with Crippen molar-refractivity contribution in [2.24, 2.45) is 5.92 Å². The van der Waals surface area contributed by atoms with Crippen LogP contribution in [0.2, 0.25) is 0 Å². The van der Waals surface area contributed by atoms with Crippen molar-refractivity contribution in [3.63, 3.8) is 0 Å². The molecule has 2 fully saturated rings. The number of nitrogens with one attached hydrogen (secondary N) is 1. The lowest BCUT2D eigenvalue weighted by Crippen LogP contribution is -2.42. The second-order valence-corrected chi connectivity index (χ2v) is 5.82. The quantitative estimate of drug-likeness (QED) is 0.790. The Morgan fingerprint density at radius 1 is 1.19 bits per heavy atom. The number of hydrogen-bond donors (Lipinski definition) is 1. The van der Waals surface area contributed by atoms with E-state index in [1.807, 2.05) is 0 Å². The smallest absolute Gasteiger partial charge is 0.0218 e. The van der Waals surface area contributed by atoms with Crippen LogP contribution < -0.4 is 5.32 Å². The lowest BCUT2D eigenvalue weighted by Gasteiger charge is -2.31. The number of nitrogens with zero attached hydrogens (tertiary/aromatic N) is 1. The van der Waals surface area contributed by atoms with Crippen LogP contribution in [0.15, 0.2) is 0 Å². The maximum Gasteiger partial charge on any atom is 0.0218 e. The van der Waals surface area contributed by atoms with Gasteiger partial charge in [0.1, 0.15) is 0 Å². The predicted molar refractivity (Wildman–Crippen MR) is 69.7 cm³/mol. The molecule has 94 valence electrons. The van der Waals surface area contributed by atoms with E-state index in [2.05, 4.69) is 24.2 Å². The van der Waals surface area contributed by atoms with Crippen LogP contribution in [-0.2, 0) is 0 Å². The molecule has 3 unspecified atom stereocenters. The fraction of sp³-hybridized carbons (Fsp3) is 1.00. The topological polar surface area (TPSA) is 15.3 Å². The van der Waals surface area contributed by atoms with Gasteiger partial charge in [-0.1, -0.05) is 26.2 Å². The molecule has 0 aromatic carbocycles. The number of likely N-dealkylation sites (tertiary alicyclic amines) is 1. The summed E-state index contributed by atoms with van der Waals surface area (Å²) in [4.78, 5) is 2.52. The van der Waals surface area contributed by atoms with Crippen LogP contribution in [0.25, 0.3) is 0 Å². The van der Waals surface area contributed by atoms with Crippen LogP contribution in [0.3, 0.4) is 0 Å². The zero-order chi connectivity index (χ0) is 11.4. The van der Waals surface area contributed by atoms with Crippen molar-refractivity contribution in [1.82, 2.24) is 10.2 Å². The highest BCUT2D eigenvalue weighted by atomic mass is 15.2. The molecular formula is C14H28N2. The van der Waals surface area contributed by atoms with Gasteiger partial charge in [0.05, 0.1) is 0 Å². The Morgan fingerprint density at radius 3 is 2.75 bits per heavy atom. The second kappa shape index (κ2) is 6.02. The van der Waals surface area contributed by atoms with E-state index in [0.717, 1.165) is 18.0 Å². The molecule has 1 saturated carbocycles. The molecule has 2 heteroatoms. The summed E-state index contributed by atoms with van der Waals surface area (Å²) in [6.45, 7) is 4.87. The van der Waals surface area contributed by atoms with Crippen LogP contribution in [0.5, 0.6) is 0 Å². The highest BCUT2D eigenvalue weighted by Gasteiger charge is 2.24. The predicted octanol–water partition coefficient (Wildman–Crippen LogP) is 2.64. The van der Waals surface area contributed by atoms with Gasteiger partial charge in [-0.05, 0) is 45.2 Å². The Morgan fingerprint density at radius 2 is 2.06 bits per heavy atom. The first-order valence-electron chi connectivity index (χ1n) is 7.23. The van der Waals surface area contributed by atoms with E-state index in [4.69, 9.17) is 0 Å². The number of hydrogen-bond acceptors (Lipinski definition) is 2. The van der Waals surface area contributed by atoms with Crippen molar-refractivity contribution in [3.8, 4) is 0 Å². The molecule has 0 spiro atoms. The van der Waals surface area contributed by atoms with Crippen LogP contribution in [0.1, 0.15) is 51.9 Å². The summed E-state index contributed by atoms with van der Waals surface area (Å²) in [6, 6.07) is 1.62. The Balaban J connectivity index is 1.68. The molecule has 1 N–H and O–H groups in total. The van der Waals surface area contributed by atoms with Crippen molar-refractivity contribution in [2.75, 3.05) is 20.1 Å². The minimum Gasteiger partial charge on any atom is -0.312 e. The largest absolute Gasteiger partial charge is 0.312 e. The molecule has 0 bridgehead atoms. The van der Waals surface area contributed by atoms with Crippen LogP contribution in [-0.4, -0.2) is 37.1 Å². The SMILES string of the molecule is CCC1CCCC(NCC2CCCN2C)C1. The van der Waals surface area contributed by atoms with Gasteiger partial charge in [-0.3, -0.25) is 0 Å². The minimum atomic E-state index is 0.807. The lowest BCUT2D eigenvalue weighted by molar-refractivity contribution is 0.246. The molecule has 2 nitrogen and oxygen atoms in total. The van der Waals surface area contributed by atoms with E-state index in [-0.39, 0.29) is 0 Å². The highest BCUT2D eigenvalue weighted by molar-refractivity contribution is 4.82. The standard InChI is InChI=1S/C14H28N2/c1-3-12-6-4-7-13(10-12)15-11-14-8-5-9-16(14)2/h12-15H,3-11H2,1-2H3. The van der Waals surface area contributed by atoms with Crippen molar-refractivity contribution in [2.45, 2.75) is 64.0 Å². The molecule has 0 radical (unpaired) electrons. The van der Waals surface area contributed by atoms with Gasteiger partial charge in [0.15, 0.2) is 0 Å². The summed E-state index contributed by atoms with van der Waals surface area (Å²) >= 11 is 0. The zero-order valence-corrected chi connectivity index (χ0v) is 11.0. The molecule has 0 aromatic heterocycles. The normalized spacial score (nSPS) is 36.8. The molecule has 16 heavy (non-hydrogen) atoms. The fourth-order valence-corrected chi connectivity index (χ4v) is 3.39. The summed E-state index contributed by atoms with van der Waals surface area (Å²) in [5.74, 6) is 0.993. The lowest BCUT2D eigenvalue weighted by atomic mass is 9.84. The molecule has 1 saturated heterocycles. The van der Waals surface area contributed by atoms with E-state index < -0.39 is 0 Å². The highest BCUT2D eigenvalue weighted by Crippen LogP contribution is 2.26. The summed E-state index contributed by atoms with van der Waals surface area (Å²) in [6.07, 6.45) is 9.91. The number of likely N-dealkylation sites (N-methyl/N-ethyl adjacent to an activating group) is 1. The molecule has 3 atom stereocenters. The molecule has 1 aliphatic carbocycles. The molecule has 2 rings (SSSR count). The van der Waals surface area contributed by atoms with E-state index in [0.29, 0.717) is 0 Å². The van der Waals surface area contributed by atoms with E-state index >= 15 is 0 Å². The van der Waals surface area contributed by atoms with Gasteiger partial charge in [0.2, 0.25) is 0 Å². The second-order valence-electron chi connectivity index (χ2n) is 5.82. The first kappa shape index (κ1) is 12.4. The van der Waals surface area contributed by atoms with Gasteiger partial charge < -0.3 is 10.2 Å². The number of rotatable bonds is 4. The zero-order valence-electron chi connectivity index (χ0n) is 11.0. The van der Waals surface area contributed by atoms with Crippen molar-refractivity contribution in [3.05, 3.63) is 0 Å². The molecule has 0 amide bonds. The average molecular weight is 224 g/mol. The molecule has 2 aliphatic rings. The monoisotopic (exact) mass is 224 g/mol. The van der Waals surface area contributed by atoms with E-state index in [9.17, 15) is 0 Å². The molecule has 1 aliphatic heterocycles. The fourth-order valence-electron chi connectivity index (χ4n) is 3.39. The summed E-state index contributed by atoms with van der Waals surface area (Å²) in [7, 11) is 2.27. The van der Waals surface area contributed by atoms with Gasteiger partial charge in [-0.15, -0.1) is 0 Å². The van der Waals surface area contributed by atoms with Gasteiger partial charge >= 0.3 is 0 Å². The maximum absolute atomic E-state index is 3.82. The first-order valence-corrected chi connectivity index (χ1v) is 7.23.